The van der Waals surface area contributed by atoms with Gasteiger partial charge in [-0.2, -0.15) is 0 Å². The summed E-state index contributed by atoms with van der Waals surface area (Å²) in [6, 6.07) is 13.8. The Kier molecular flexibility index (Phi) is 8.49. The SMILES string of the molecule is O=C(N[C@@H](Cc1ccc(OCCCCC2CCNCC2)cc1)C(=O)O)c1nc2ccccc2s1. The first kappa shape index (κ1) is 24.2. The number of nitrogens with one attached hydrogen (secondary N) is 2. The van der Waals surface area contributed by atoms with E-state index in [9.17, 15) is 14.7 Å². The number of aliphatic carboxylic acids is 1. The molecule has 1 aromatic heterocycles. The lowest BCUT2D eigenvalue weighted by molar-refractivity contribution is -0.139. The number of ether oxygens (including phenoxy) is 1. The fourth-order valence-electron chi connectivity index (χ4n) is 4.24. The van der Waals surface area contributed by atoms with Gasteiger partial charge in [-0.15, -0.1) is 11.3 Å². The Morgan fingerprint density at radius 1 is 1.12 bits per heavy atom. The predicted octanol–water partition coefficient (Wildman–Crippen LogP) is 4.27. The average molecular weight is 482 g/mol. The summed E-state index contributed by atoms with van der Waals surface area (Å²) in [7, 11) is 0. The first-order valence-electron chi connectivity index (χ1n) is 11.9. The number of thiazole rings is 1. The largest absolute Gasteiger partial charge is 0.494 e. The van der Waals surface area contributed by atoms with Crippen LogP contribution in [0.4, 0.5) is 0 Å². The zero-order valence-electron chi connectivity index (χ0n) is 19.2. The molecule has 0 saturated carbocycles. The summed E-state index contributed by atoms with van der Waals surface area (Å²) in [4.78, 5) is 28.7. The molecule has 3 aromatic rings. The highest BCUT2D eigenvalue weighted by Crippen LogP contribution is 2.22. The van der Waals surface area contributed by atoms with Crippen LogP contribution in [0.2, 0.25) is 0 Å². The smallest absolute Gasteiger partial charge is 0.326 e. The highest BCUT2D eigenvalue weighted by Gasteiger charge is 2.23. The van der Waals surface area contributed by atoms with Gasteiger partial charge in [-0.1, -0.05) is 30.7 Å². The van der Waals surface area contributed by atoms with Crippen LogP contribution in [0.15, 0.2) is 48.5 Å². The van der Waals surface area contributed by atoms with Crippen LogP contribution in [0.25, 0.3) is 10.2 Å². The number of amides is 1. The van der Waals surface area contributed by atoms with E-state index in [1.54, 1.807) is 0 Å². The maximum Gasteiger partial charge on any atom is 0.326 e. The quantitative estimate of drug-likeness (QED) is 0.354. The van der Waals surface area contributed by atoms with Crippen LogP contribution in [0, 0.1) is 5.92 Å². The molecule has 0 bridgehead atoms. The number of hydrogen-bond acceptors (Lipinski definition) is 6. The highest BCUT2D eigenvalue weighted by atomic mass is 32.1. The second-order valence-electron chi connectivity index (χ2n) is 8.74. The van der Waals surface area contributed by atoms with Gasteiger partial charge in [-0.25, -0.2) is 9.78 Å². The molecule has 1 saturated heterocycles. The first-order chi connectivity index (χ1) is 16.6. The van der Waals surface area contributed by atoms with Gasteiger partial charge in [0.1, 0.15) is 11.8 Å². The fraction of sp³-hybridized carbons (Fsp3) is 0.423. The standard InChI is InChI=1S/C26H31N3O4S/c30-24(25-29-21-6-1-2-7-23(21)34-25)28-22(26(31)32)17-19-8-10-20(11-9-19)33-16-4-3-5-18-12-14-27-15-13-18/h1-2,6-11,18,22,27H,3-5,12-17H2,(H,28,30)(H,31,32)/t22-/m0/s1. The monoisotopic (exact) mass is 481 g/mol. The zero-order chi connectivity index (χ0) is 23.8. The number of piperidine rings is 1. The molecule has 34 heavy (non-hydrogen) atoms. The van der Waals surface area contributed by atoms with Gasteiger partial charge in [0.05, 0.1) is 16.8 Å². The lowest BCUT2D eigenvalue weighted by Crippen LogP contribution is -2.42. The normalized spacial score (nSPS) is 15.2. The Morgan fingerprint density at radius 2 is 1.88 bits per heavy atom. The molecule has 1 fully saturated rings. The lowest BCUT2D eigenvalue weighted by Gasteiger charge is -2.22. The van der Waals surface area contributed by atoms with Crippen molar-refractivity contribution in [3.63, 3.8) is 0 Å². The third-order valence-electron chi connectivity index (χ3n) is 6.19. The number of carbonyl (C=O) groups is 2. The summed E-state index contributed by atoms with van der Waals surface area (Å²) in [5.41, 5.74) is 1.54. The van der Waals surface area contributed by atoms with E-state index in [2.05, 4.69) is 15.6 Å². The summed E-state index contributed by atoms with van der Waals surface area (Å²) in [5.74, 6) is 0.0652. The van der Waals surface area contributed by atoms with E-state index in [4.69, 9.17) is 4.74 Å². The van der Waals surface area contributed by atoms with E-state index in [0.717, 1.165) is 47.0 Å². The zero-order valence-corrected chi connectivity index (χ0v) is 20.0. The number of para-hydroxylation sites is 1. The molecule has 2 heterocycles. The van der Waals surface area contributed by atoms with Crippen LogP contribution < -0.4 is 15.4 Å². The average Bonchev–Trinajstić information content (AvgIpc) is 3.29. The molecular formula is C26H31N3O4S. The van der Waals surface area contributed by atoms with Crippen molar-refractivity contribution in [1.29, 1.82) is 0 Å². The molecule has 1 atom stereocenters. The molecule has 0 radical (unpaired) electrons. The van der Waals surface area contributed by atoms with Crippen molar-refractivity contribution < 1.29 is 19.4 Å². The van der Waals surface area contributed by atoms with Crippen molar-refractivity contribution in [3.05, 3.63) is 59.1 Å². The molecule has 4 rings (SSSR count). The van der Waals surface area contributed by atoms with E-state index >= 15 is 0 Å². The predicted molar refractivity (Wildman–Crippen MR) is 134 cm³/mol. The molecule has 1 aliphatic rings. The van der Waals surface area contributed by atoms with E-state index in [1.807, 2.05) is 48.5 Å². The Hall–Kier alpha value is -2.97. The lowest BCUT2D eigenvalue weighted by atomic mass is 9.93. The van der Waals surface area contributed by atoms with Crippen molar-refractivity contribution in [2.45, 2.75) is 44.6 Å². The van der Waals surface area contributed by atoms with Gasteiger partial charge in [0, 0.05) is 6.42 Å². The van der Waals surface area contributed by atoms with Gasteiger partial charge in [0.25, 0.3) is 5.91 Å². The molecule has 0 unspecified atom stereocenters. The maximum atomic E-state index is 12.6. The molecule has 1 aliphatic heterocycles. The van der Waals surface area contributed by atoms with Crippen LogP contribution in [-0.2, 0) is 11.2 Å². The van der Waals surface area contributed by atoms with Crippen molar-refractivity contribution in [2.75, 3.05) is 19.7 Å². The number of carboxylic acid groups (broad SMARTS) is 1. The van der Waals surface area contributed by atoms with Crippen LogP contribution in [0.3, 0.4) is 0 Å². The van der Waals surface area contributed by atoms with Gasteiger partial charge in [-0.05, 0) is 74.5 Å². The van der Waals surface area contributed by atoms with Crippen LogP contribution in [0.5, 0.6) is 5.75 Å². The number of nitrogens with zero attached hydrogens (tertiary/aromatic N) is 1. The number of unbranched alkanes of at least 4 members (excludes halogenated alkanes) is 1. The van der Waals surface area contributed by atoms with Gasteiger partial charge in [0.2, 0.25) is 0 Å². The Bertz CT molecular complexity index is 1060. The van der Waals surface area contributed by atoms with Gasteiger partial charge in [-0.3, -0.25) is 4.79 Å². The van der Waals surface area contributed by atoms with Gasteiger partial charge >= 0.3 is 5.97 Å². The van der Waals surface area contributed by atoms with Crippen molar-refractivity contribution >= 4 is 33.4 Å². The minimum atomic E-state index is -1.08. The second-order valence-corrected chi connectivity index (χ2v) is 9.77. The Labute approximate surface area is 203 Å². The summed E-state index contributed by atoms with van der Waals surface area (Å²) >= 11 is 1.25. The molecule has 2 aromatic carbocycles. The third-order valence-corrected chi connectivity index (χ3v) is 7.22. The number of fused-ring (bicyclic) bond motifs is 1. The number of benzene rings is 2. The molecule has 180 valence electrons. The number of aromatic nitrogens is 1. The molecule has 0 aliphatic carbocycles. The highest BCUT2D eigenvalue weighted by molar-refractivity contribution is 7.20. The number of hydrogen-bond donors (Lipinski definition) is 3. The number of carboxylic acids is 1. The van der Waals surface area contributed by atoms with Crippen molar-refractivity contribution in [1.82, 2.24) is 15.6 Å². The van der Waals surface area contributed by atoms with E-state index < -0.39 is 17.9 Å². The van der Waals surface area contributed by atoms with Crippen LogP contribution in [0.1, 0.15) is 47.5 Å². The topological polar surface area (TPSA) is 101 Å². The molecule has 0 spiro atoms. The second kappa shape index (κ2) is 11.9. The van der Waals surface area contributed by atoms with Crippen molar-refractivity contribution in [3.8, 4) is 5.75 Å². The fourth-order valence-corrected chi connectivity index (χ4v) is 5.11. The number of rotatable bonds is 11. The molecular weight excluding hydrogens is 450 g/mol. The summed E-state index contributed by atoms with van der Waals surface area (Å²) in [6.07, 6.45) is 6.22. The molecule has 1 amide bonds. The molecule has 8 heteroatoms. The maximum absolute atomic E-state index is 12.6. The van der Waals surface area contributed by atoms with Gasteiger partial charge in [0.15, 0.2) is 5.01 Å². The Balaban J connectivity index is 1.24. The number of carbonyl (C=O) groups excluding carboxylic acids is 1. The van der Waals surface area contributed by atoms with Gasteiger partial charge < -0.3 is 20.5 Å². The minimum Gasteiger partial charge on any atom is -0.494 e. The van der Waals surface area contributed by atoms with E-state index in [0.29, 0.717) is 6.61 Å². The van der Waals surface area contributed by atoms with E-state index in [1.165, 1.54) is 37.0 Å². The minimum absolute atomic E-state index is 0.183. The summed E-state index contributed by atoms with van der Waals surface area (Å²) in [6.45, 7) is 2.96. The third kappa shape index (κ3) is 6.77. The molecule has 7 nitrogen and oxygen atoms in total. The first-order valence-corrected chi connectivity index (χ1v) is 12.7. The van der Waals surface area contributed by atoms with Crippen molar-refractivity contribution in [2.24, 2.45) is 5.92 Å². The van der Waals surface area contributed by atoms with E-state index in [-0.39, 0.29) is 11.4 Å². The Morgan fingerprint density at radius 3 is 2.62 bits per heavy atom. The summed E-state index contributed by atoms with van der Waals surface area (Å²) < 4.78 is 6.74. The van der Waals surface area contributed by atoms with Crippen LogP contribution >= 0.6 is 11.3 Å². The molecule has 3 N–H and O–H groups in total. The summed E-state index contributed by atoms with van der Waals surface area (Å²) in [5, 5.41) is 15.9. The van der Waals surface area contributed by atoms with Crippen LogP contribution in [-0.4, -0.2) is 47.7 Å².